The highest BCUT2D eigenvalue weighted by Gasteiger charge is 2.30. The fourth-order valence-corrected chi connectivity index (χ4v) is 14.2. The second kappa shape index (κ2) is 72.3. The highest BCUT2D eigenvalue weighted by Crippen LogP contribution is 2.45. The lowest BCUT2D eigenvalue weighted by molar-refractivity contribution is -0.161. The molecule has 101 heavy (non-hydrogen) atoms. The Kier molecular flexibility index (Phi) is 70.9. The number of rotatable bonds is 80. The quantitative estimate of drug-likeness (QED) is 0.0222. The predicted molar refractivity (Wildman–Crippen MR) is 414 cm³/mol. The molecule has 0 aliphatic carbocycles. The highest BCUT2D eigenvalue weighted by atomic mass is 31.2. The summed E-state index contributed by atoms with van der Waals surface area (Å²) >= 11 is 0. The number of ether oxygens (including phenoxy) is 4. The fourth-order valence-electron chi connectivity index (χ4n) is 12.6. The topological polar surface area (TPSA) is 237 Å². The van der Waals surface area contributed by atoms with E-state index in [4.69, 9.17) is 37.0 Å². The van der Waals surface area contributed by atoms with E-state index in [1.807, 2.05) is 0 Å². The molecule has 0 aromatic heterocycles. The third-order valence-electron chi connectivity index (χ3n) is 19.5. The molecule has 19 heteroatoms. The SMILES string of the molecule is CCCCCCCCCCCCCCC(=O)OC[C@H](COP(=O)(O)OC[C@H](O)COP(=O)(O)OC[C@@H](COC(=O)CCCCCCCCCCCCCC(C)C)OC(=O)CCCCCCCCCCCCCCCCCCCCC(C)CC)OC(=O)CCCCCCCCCCCCC(C)C. The molecule has 6 atom stereocenters. The van der Waals surface area contributed by atoms with Gasteiger partial charge in [0.1, 0.15) is 19.3 Å². The van der Waals surface area contributed by atoms with Crippen molar-refractivity contribution in [2.75, 3.05) is 39.6 Å². The van der Waals surface area contributed by atoms with Gasteiger partial charge in [0.15, 0.2) is 12.2 Å². The largest absolute Gasteiger partial charge is 0.472 e. The van der Waals surface area contributed by atoms with Gasteiger partial charge in [-0.3, -0.25) is 37.3 Å². The number of aliphatic hydroxyl groups is 1. The molecular formula is C82H160O17P2. The van der Waals surface area contributed by atoms with Crippen LogP contribution in [0.1, 0.15) is 427 Å². The van der Waals surface area contributed by atoms with Gasteiger partial charge < -0.3 is 33.8 Å². The molecule has 3 N–H and O–H groups in total. The van der Waals surface area contributed by atoms with Crippen molar-refractivity contribution in [1.29, 1.82) is 0 Å². The van der Waals surface area contributed by atoms with E-state index in [0.29, 0.717) is 25.7 Å². The summed E-state index contributed by atoms with van der Waals surface area (Å²) < 4.78 is 68.7. The first-order chi connectivity index (χ1) is 48.8. The molecule has 0 amide bonds. The van der Waals surface area contributed by atoms with Crippen LogP contribution < -0.4 is 0 Å². The van der Waals surface area contributed by atoms with Crippen LogP contribution in [0.3, 0.4) is 0 Å². The van der Waals surface area contributed by atoms with Gasteiger partial charge in [-0.2, -0.15) is 0 Å². The maximum atomic E-state index is 13.1. The minimum Gasteiger partial charge on any atom is -0.462 e. The molecule has 17 nitrogen and oxygen atoms in total. The third kappa shape index (κ3) is 74.7. The summed E-state index contributed by atoms with van der Waals surface area (Å²) in [7, 11) is -9.92. The molecule has 0 bridgehead atoms. The third-order valence-corrected chi connectivity index (χ3v) is 21.4. The van der Waals surface area contributed by atoms with Crippen molar-refractivity contribution in [3.05, 3.63) is 0 Å². The summed E-state index contributed by atoms with van der Waals surface area (Å²) in [5.74, 6) is 0.285. The van der Waals surface area contributed by atoms with Gasteiger partial charge in [0.2, 0.25) is 0 Å². The van der Waals surface area contributed by atoms with Crippen LogP contribution in [-0.4, -0.2) is 96.7 Å². The van der Waals surface area contributed by atoms with Crippen LogP contribution in [-0.2, 0) is 65.4 Å². The summed E-state index contributed by atoms with van der Waals surface area (Å²) in [5, 5.41) is 10.6. The van der Waals surface area contributed by atoms with Crippen molar-refractivity contribution in [3.8, 4) is 0 Å². The highest BCUT2D eigenvalue weighted by molar-refractivity contribution is 7.47. The Morgan fingerprint density at radius 1 is 0.287 bits per heavy atom. The van der Waals surface area contributed by atoms with Gasteiger partial charge in [-0.25, -0.2) is 9.13 Å². The number of hydrogen-bond acceptors (Lipinski definition) is 15. The molecule has 0 spiro atoms. The lowest BCUT2D eigenvalue weighted by atomic mass is 9.99. The van der Waals surface area contributed by atoms with E-state index in [2.05, 4.69) is 48.5 Å². The zero-order valence-electron chi connectivity index (χ0n) is 66.4. The first-order valence-corrected chi connectivity index (χ1v) is 45.4. The van der Waals surface area contributed by atoms with E-state index in [1.54, 1.807) is 0 Å². The Hall–Kier alpha value is -1.94. The molecule has 0 aromatic carbocycles. The zero-order chi connectivity index (χ0) is 74.4. The molecule has 0 saturated heterocycles. The monoisotopic (exact) mass is 1480 g/mol. The molecule has 600 valence electrons. The van der Waals surface area contributed by atoms with Crippen molar-refractivity contribution in [2.24, 2.45) is 17.8 Å². The average molecular weight is 1480 g/mol. The summed E-state index contributed by atoms with van der Waals surface area (Å²) in [4.78, 5) is 73.1. The molecule has 0 heterocycles. The second-order valence-electron chi connectivity index (χ2n) is 30.7. The first kappa shape index (κ1) is 99.1. The number of carbonyl (C=O) groups excluding carboxylic acids is 4. The summed E-state index contributed by atoms with van der Waals surface area (Å²) in [5.41, 5.74) is 0. The van der Waals surface area contributed by atoms with Gasteiger partial charge >= 0.3 is 39.5 Å². The Bertz CT molecular complexity index is 1960. The Morgan fingerprint density at radius 3 is 0.752 bits per heavy atom. The summed E-state index contributed by atoms with van der Waals surface area (Å²) in [6.45, 7) is 12.0. The lowest BCUT2D eigenvalue weighted by Gasteiger charge is -2.21. The Labute approximate surface area is 619 Å². The van der Waals surface area contributed by atoms with Gasteiger partial charge in [0.05, 0.1) is 26.4 Å². The number of aliphatic hydroxyl groups excluding tert-OH is 1. The Balaban J connectivity index is 5.22. The van der Waals surface area contributed by atoms with Crippen LogP contribution in [0.25, 0.3) is 0 Å². The lowest BCUT2D eigenvalue weighted by Crippen LogP contribution is -2.30. The van der Waals surface area contributed by atoms with Gasteiger partial charge in [-0.05, 0) is 43.4 Å². The minimum atomic E-state index is -4.96. The van der Waals surface area contributed by atoms with Gasteiger partial charge in [-0.1, -0.05) is 376 Å². The molecule has 0 aliphatic rings. The van der Waals surface area contributed by atoms with Crippen LogP contribution in [0.15, 0.2) is 0 Å². The van der Waals surface area contributed by atoms with E-state index in [1.165, 1.54) is 238 Å². The van der Waals surface area contributed by atoms with E-state index < -0.39 is 97.5 Å². The maximum absolute atomic E-state index is 13.1. The molecule has 0 fully saturated rings. The zero-order valence-corrected chi connectivity index (χ0v) is 68.2. The van der Waals surface area contributed by atoms with Crippen molar-refractivity contribution < 1.29 is 80.2 Å². The summed E-state index contributed by atoms with van der Waals surface area (Å²) in [6.07, 6.45) is 61.0. The van der Waals surface area contributed by atoms with E-state index in [-0.39, 0.29) is 25.7 Å². The predicted octanol–water partition coefficient (Wildman–Crippen LogP) is 24.5. The molecule has 0 radical (unpaired) electrons. The number of unbranched alkanes of at least 4 members (excludes halogenated alkanes) is 47. The normalized spacial score (nSPS) is 14.2. The van der Waals surface area contributed by atoms with Crippen molar-refractivity contribution in [2.45, 2.75) is 446 Å². The molecule has 0 saturated carbocycles. The number of phosphoric acid groups is 2. The molecule has 0 aromatic rings. The second-order valence-corrected chi connectivity index (χ2v) is 33.6. The van der Waals surface area contributed by atoms with E-state index in [0.717, 1.165) is 108 Å². The first-order valence-electron chi connectivity index (χ1n) is 42.4. The minimum absolute atomic E-state index is 0.106. The van der Waals surface area contributed by atoms with E-state index in [9.17, 15) is 43.2 Å². The van der Waals surface area contributed by atoms with Crippen LogP contribution in [0.4, 0.5) is 0 Å². The Morgan fingerprint density at radius 2 is 0.505 bits per heavy atom. The van der Waals surface area contributed by atoms with Crippen molar-refractivity contribution in [1.82, 2.24) is 0 Å². The maximum Gasteiger partial charge on any atom is 0.472 e. The average Bonchev–Trinajstić information content (AvgIpc) is 0.937. The van der Waals surface area contributed by atoms with Gasteiger partial charge in [-0.15, -0.1) is 0 Å². The van der Waals surface area contributed by atoms with Crippen LogP contribution in [0, 0.1) is 17.8 Å². The smallest absolute Gasteiger partial charge is 0.462 e. The molecule has 3 unspecified atom stereocenters. The standard InChI is InChI=1S/C82H160O17P2/c1-8-10-11-12-13-14-15-27-35-42-49-56-63-79(84)92-70-78(99-82(87)66-59-52-45-38-31-30-33-40-47-54-61-74(5)6)72-97-101(90,91)95-68-76(83)67-94-100(88,89)96-71-77(69-93-80(85)64-57-50-43-36-29-24-25-32-39-46-53-60-73(3)4)98-81(86)65-58-51-44-37-28-23-21-19-17-16-18-20-22-26-34-41-48-55-62-75(7)9-2/h73-78,83H,8-72H2,1-7H3,(H,88,89)(H,90,91)/t75?,76-,77-,78-/m1/s1. The van der Waals surface area contributed by atoms with Crippen molar-refractivity contribution >= 4 is 39.5 Å². The van der Waals surface area contributed by atoms with Crippen LogP contribution in [0.5, 0.6) is 0 Å². The summed E-state index contributed by atoms with van der Waals surface area (Å²) in [6, 6.07) is 0. The van der Waals surface area contributed by atoms with Crippen molar-refractivity contribution in [3.63, 3.8) is 0 Å². The van der Waals surface area contributed by atoms with Crippen LogP contribution >= 0.6 is 15.6 Å². The van der Waals surface area contributed by atoms with E-state index >= 15 is 0 Å². The fraction of sp³-hybridized carbons (Fsp3) is 0.951. The molecule has 0 aliphatic heterocycles. The molecular weight excluding hydrogens is 1320 g/mol. The van der Waals surface area contributed by atoms with Gasteiger partial charge in [0, 0.05) is 25.7 Å². The number of phosphoric ester groups is 2. The molecule has 0 rings (SSSR count). The van der Waals surface area contributed by atoms with Crippen LogP contribution in [0.2, 0.25) is 0 Å². The van der Waals surface area contributed by atoms with Gasteiger partial charge in [0.25, 0.3) is 0 Å². The number of esters is 4. The number of hydrogen-bond donors (Lipinski definition) is 3. The number of carbonyl (C=O) groups is 4.